The van der Waals surface area contributed by atoms with Crippen molar-refractivity contribution in [1.82, 2.24) is 10.2 Å². The molecule has 3 rings (SSSR count). The fourth-order valence-electron chi connectivity index (χ4n) is 2.75. The molecule has 0 amide bonds. The van der Waals surface area contributed by atoms with Crippen molar-refractivity contribution in [2.45, 2.75) is 31.8 Å². The maximum absolute atomic E-state index is 3.76. The number of likely N-dealkylation sites (N-methyl/N-ethyl adjacent to an activating group) is 1. The Morgan fingerprint density at radius 3 is 2.80 bits per heavy atom. The van der Waals surface area contributed by atoms with Crippen molar-refractivity contribution in [1.29, 1.82) is 0 Å². The zero-order chi connectivity index (χ0) is 13.9. The van der Waals surface area contributed by atoms with Gasteiger partial charge in [0.15, 0.2) is 0 Å². The highest BCUT2D eigenvalue weighted by atomic mass is 79.9. The number of nitrogens with one attached hydrogen (secondary N) is 1. The summed E-state index contributed by atoms with van der Waals surface area (Å²) in [7, 11) is 2.21. The van der Waals surface area contributed by atoms with Crippen molar-refractivity contribution in [2.75, 3.05) is 38.1 Å². The number of halogens is 1. The standard InChI is InChI=1S/C16H24BrN3/c1-19-7-2-8-20(10-9-19)16-6-3-13(11-15(16)17)12-18-14-4-5-14/h3,6,11,14,18H,2,4-5,7-10,12H2,1H3. The summed E-state index contributed by atoms with van der Waals surface area (Å²) in [6, 6.07) is 7.59. The maximum Gasteiger partial charge on any atom is 0.0511 e. The summed E-state index contributed by atoms with van der Waals surface area (Å²) in [6.45, 7) is 5.62. The first kappa shape index (κ1) is 14.4. The molecule has 2 aliphatic rings. The lowest BCUT2D eigenvalue weighted by Gasteiger charge is -2.24. The van der Waals surface area contributed by atoms with E-state index >= 15 is 0 Å². The summed E-state index contributed by atoms with van der Waals surface area (Å²) >= 11 is 3.76. The SMILES string of the molecule is CN1CCCN(c2ccc(CNC3CC3)cc2Br)CC1. The molecule has 4 heteroatoms. The van der Waals surface area contributed by atoms with E-state index in [0.717, 1.165) is 32.2 Å². The Bertz CT molecular complexity index is 459. The molecule has 0 aromatic heterocycles. The molecule has 1 heterocycles. The highest BCUT2D eigenvalue weighted by molar-refractivity contribution is 9.10. The second kappa shape index (κ2) is 6.46. The van der Waals surface area contributed by atoms with E-state index in [2.05, 4.69) is 56.3 Å². The first-order valence-electron chi connectivity index (χ1n) is 7.68. The summed E-state index contributed by atoms with van der Waals surface area (Å²) in [4.78, 5) is 4.92. The van der Waals surface area contributed by atoms with E-state index in [1.807, 2.05) is 0 Å². The van der Waals surface area contributed by atoms with Crippen LogP contribution < -0.4 is 10.2 Å². The molecule has 0 spiro atoms. The Morgan fingerprint density at radius 1 is 1.20 bits per heavy atom. The molecule has 2 fully saturated rings. The molecule has 1 aliphatic heterocycles. The minimum atomic E-state index is 0.773. The van der Waals surface area contributed by atoms with Crippen LogP contribution in [0.5, 0.6) is 0 Å². The van der Waals surface area contributed by atoms with Gasteiger partial charge >= 0.3 is 0 Å². The van der Waals surface area contributed by atoms with Gasteiger partial charge in [0, 0.05) is 36.7 Å². The molecule has 110 valence electrons. The molecule has 1 saturated heterocycles. The third-order valence-electron chi connectivity index (χ3n) is 4.24. The quantitative estimate of drug-likeness (QED) is 0.911. The monoisotopic (exact) mass is 337 g/mol. The molecule has 1 saturated carbocycles. The highest BCUT2D eigenvalue weighted by Crippen LogP contribution is 2.28. The molecule has 3 nitrogen and oxygen atoms in total. The van der Waals surface area contributed by atoms with Gasteiger partial charge in [0.05, 0.1) is 5.69 Å². The van der Waals surface area contributed by atoms with E-state index in [1.165, 1.54) is 41.5 Å². The van der Waals surface area contributed by atoms with Crippen molar-refractivity contribution in [3.8, 4) is 0 Å². The lowest BCUT2D eigenvalue weighted by Crippen LogP contribution is -2.29. The zero-order valence-electron chi connectivity index (χ0n) is 12.2. The van der Waals surface area contributed by atoms with Gasteiger partial charge in [-0.05, 0) is 66.5 Å². The lowest BCUT2D eigenvalue weighted by atomic mass is 10.2. The zero-order valence-corrected chi connectivity index (χ0v) is 13.8. The Balaban J connectivity index is 1.66. The third kappa shape index (κ3) is 3.74. The van der Waals surface area contributed by atoms with Crippen molar-refractivity contribution in [3.63, 3.8) is 0 Å². The summed E-state index contributed by atoms with van der Waals surface area (Å²) in [5.74, 6) is 0. The van der Waals surface area contributed by atoms with Crippen LogP contribution >= 0.6 is 15.9 Å². The van der Waals surface area contributed by atoms with Crippen LogP contribution in [0.25, 0.3) is 0 Å². The Labute approximate surface area is 130 Å². The van der Waals surface area contributed by atoms with Crippen LogP contribution in [0.2, 0.25) is 0 Å². The van der Waals surface area contributed by atoms with Crippen molar-refractivity contribution in [2.24, 2.45) is 0 Å². The molecule has 1 aromatic rings. The maximum atomic E-state index is 3.76. The smallest absolute Gasteiger partial charge is 0.0511 e. The minimum Gasteiger partial charge on any atom is -0.369 e. The molecule has 0 unspecified atom stereocenters. The number of benzene rings is 1. The first-order valence-corrected chi connectivity index (χ1v) is 8.47. The van der Waals surface area contributed by atoms with Gasteiger partial charge in [-0.25, -0.2) is 0 Å². The molecule has 0 radical (unpaired) electrons. The van der Waals surface area contributed by atoms with Gasteiger partial charge in [0.1, 0.15) is 0 Å². The van der Waals surface area contributed by atoms with E-state index in [-0.39, 0.29) is 0 Å². The average molecular weight is 338 g/mol. The normalized spacial score (nSPS) is 21.0. The van der Waals surface area contributed by atoms with Gasteiger partial charge < -0.3 is 15.1 Å². The lowest BCUT2D eigenvalue weighted by molar-refractivity contribution is 0.360. The van der Waals surface area contributed by atoms with E-state index < -0.39 is 0 Å². The number of nitrogens with zero attached hydrogens (tertiary/aromatic N) is 2. The van der Waals surface area contributed by atoms with Crippen LogP contribution in [-0.2, 0) is 6.54 Å². The minimum absolute atomic E-state index is 0.773. The van der Waals surface area contributed by atoms with Crippen LogP contribution in [0.3, 0.4) is 0 Å². The number of anilines is 1. The van der Waals surface area contributed by atoms with Gasteiger partial charge in [0.2, 0.25) is 0 Å². The summed E-state index contributed by atoms with van der Waals surface area (Å²) in [5, 5.41) is 3.57. The Hall–Kier alpha value is -0.580. The van der Waals surface area contributed by atoms with Crippen LogP contribution in [0, 0.1) is 0 Å². The van der Waals surface area contributed by atoms with Gasteiger partial charge in [-0.1, -0.05) is 6.07 Å². The molecular weight excluding hydrogens is 314 g/mol. The second-order valence-electron chi connectivity index (χ2n) is 6.08. The van der Waals surface area contributed by atoms with Crippen molar-refractivity contribution in [3.05, 3.63) is 28.2 Å². The summed E-state index contributed by atoms with van der Waals surface area (Å²) in [6.07, 6.45) is 3.94. The van der Waals surface area contributed by atoms with Crippen LogP contribution in [0.4, 0.5) is 5.69 Å². The largest absolute Gasteiger partial charge is 0.369 e. The Morgan fingerprint density at radius 2 is 2.05 bits per heavy atom. The molecular formula is C16H24BrN3. The van der Waals surface area contributed by atoms with E-state index in [0.29, 0.717) is 0 Å². The van der Waals surface area contributed by atoms with Crippen molar-refractivity contribution >= 4 is 21.6 Å². The van der Waals surface area contributed by atoms with Crippen LogP contribution in [-0.4, -0.2) is 44.2 Å². The Kier molecular flexibility index (Phi) is 4.64. The molecule has 1 aliphatic carbocycles. The number of hydrogen-bond donors (Lipinski definition) is 1. The fraction of sp³-hybridized carbons (Fsp3) is 0.625. The number of hydrogen-bond acceptors (Lipinski definition) is 3. The van der Waals surface area contributed by atoms with E-state index in [4.69, 9.17) is 0 Å². The molecule has 20 heavy (non-hydrogen) atoms. The fourth-order valence-corrected chi connectivity index (χ4v) is 3.43. The van der Waals surface area contributed by atoms with Crippen molar-refractivity contribution < 1.29 is 0 Å². The third-order valence-corrected chi connectivity index (χ3v) is 4.88. The van der Waals surface area contributed by atoms with Crippen LogP contribution in [0.1, 0.15) is 24.8 Å². The average Bonchev–Trinajstić information content (AvgIpc) is 3.25. The van der Waals surface area contributed by atoms with Gasteiger partial charge in [-0.15, -0.1) is 0 Å². The second-order valence-corrected chi connectivity index (χ2v) is 6.94. The van der Waals surface area contributed by atoms with E-state index in [1.54, 1.807) is 0 Å². The predicted molar refractivity (Wildman–Crippen MR) is 88.3 cm³/mol. The van der Waals surface area contributed by atoms with E-state index in [9.17, 15) is 0 Å². The summed E-state index contributed by atoms with van der Waals surface area (Å²) < 4.78 is 1.23. The molecule has 1 aromatic carbocycles. The highest BCUT2D eigenvalue weighted by Gasteiger charge is 2.20. The summed E-state index contributed by atoms with van der Waals surface area (Å²) in [5.41, 5.74) is 2.72. The molecule has 1 N–H and O–H groups in total. The molecule has 0 bridgehead atoms. The first-order chi connectivity index (χ1) is 9.72. The number of rotatable bonds is 4. The molecule has 0 atom stereocenters. The topological polar surface area (TPSA) is 18.5 Å². The predicted octanol–water partition coefficient (Wildman–Crippen LogP) is 2.84. The van der Waals surface area contributed by atoms with Gasteiger partial charge in [0.25, 0.3) is 0 Å². The van der Waals surface area contributed by atoms with Gasteiger partial charge in [-0.2, -0.15) is 0 Å². The van der Waals surface area contributed by atoms with Crippen LogP contribution in [0.15, 0.2) is 22.7 Å². The van der Waals surface area contributed by atoms with Gasteiger partial charge in [-0.3, -0.25) is 0 Å².